The molecule has 1 aromatic rings. The van der Waals surface area contributed by atoms with Crippen molar-refractivity contribution in [2.75, 3.05) is 34.3 Å². The number of ether oxygens (including phenoxy) is 1. The third kappa shape index (κ3) is 2.63. The fourth-order valence-electron chi connectivity index (χ4n) is 3.30. The molecule has 24 heavy (non-hydrogen) atoms. The van der Waals surface area contributed by atoms with Gasteiger partial charge in [-0.2, -0.15) is 17.0 Å². The van der Waals surface area contributed by atoms with Crippen molar-refractivity contribution in [3.8, 4) is 0 Å². The number of hydrogen-bond donors (Lipinski definition) is 1. The normalized spacial score (nSPS) is 22.0. The maximum atomic E-state index is 12.6. The van der Waals surface area contributed by atoms with Crippen LogP contribution in [0.1, 0.15) is 23.2 Å². The van der Waals surface area contributed by atoms with Gasteiger partial charge in [-0.25, -0.2) is 0 Å². The Hall–Kier alpha value is -1.48. The number of carbonyl (C=O) groups excluding carboxylic acids is 1. The quantitative estimate of drug-likeness (QED) is 0.806. The van der Waals surface area contributed by atoms with Crippen LogP contribution in [0.2, 0.25) is 0 Å². The summed E-state index contributed by atoms with van der Waals surface area (Å²) in [7, 11) is 1.13. The van der Waals surface area contributed by atoms with Crippen molar-refractivity contribution in [3.63, 3.8) is 0 Å². The number of amides is 1. The lowest BCUT2D eigenvalue weighted by Gasteiger charge is -2.53. The number of methoxy groups -OCH3 is 1. The van der Waals surface area contributed by atoms with Crippen LogP contribution in [-0.2, 0) is 14.9 Å². The molecule has 3 rings (SSSR count). The van der Waals surface area contributed by atoms with Crippen LogP contribution in [0.15, 0.2) is 30.3 Å². The number of rotatable bonds is 6. The second-order valence-electron chi connectivity index (χ2n) is 6.66. The zero-order valence-electron chi connectivity index (χ0n) is 14.2. The van der Waals surface area contributed by atoms with Crippen LogP contribution >= 0.6 is 0 Å². The Labute approximate surface area is 142 Å². The van der Waals surface area contributed by atoms with Gasteiger partial charge in [-0.3, -0.25) is 4.79 Å². The predicted octanol–water partition coefficient (Wildman–Crippen LogP) is 0.456. The van der Waals surface area contributed by atoms with Crippen molar-refractivity contribution in [2.24, 2.45) is 0 Å². The molecule has 1 heterocycles. The molecule has 0 unspecified atom stereocenters. The summed E-state index contributed by atoms with van der Waals surface area (Å²) in [6, 6.07) is 8.92. The summed E-state index contributed by atoms with van der Waals surface area (Å²) in [6.07, 6.45) is 1.63. The Morgan fingerprint density at radius 1 is 1.21 bits per heavy atom. The highest BCUT2D eigenvalue weighted by atomic mass is 32.2. The van der Waals surface area contributed by atoms with E-state index in [9.17, 15) is 13.2 Å². The molecule has 2 aliphatic rings. The molecule has 1 saturated heterocycles. The lowest BCUT2D eigenvalue weighted by atomic mass is 9.83. The minimum Gasteiger partial charge on any atom is -0.376 e. The van der Waals surface area contributed by atoms with E-state index in [1.165, 1.54) is 22.7 Å². The molecule has 8 heteroatoms. The molecule has 0 aromatic heterocycles. The molecule has 1 aliphatic carbocycles. The molecule has 1 amide bonds. The van der Waals surface area contributed by atoms with E-state index in [4.69, 9.17) is 4.74 Å². The average molecular weight is 353 g/mol. The van der Waals surface area contributed by atoms with Crippen LogP contribution in [0.3, 0.4) is 0 Å². The first-order chi connectivity index (χ1) is 11.3. The summed E-state index contributed by atoms with van der Waals surface area (Å²) in [5.41, 5.74) is -0.606. The van der Waals surface area contributed by atoms with Gasteiger partial charge in [-0.05, 0) is 25.0 Å². The van der Waals surface area contributed by atoms with Crippen LogP contribution in [0.25, 0.3) is 0 Å². The number of nitrogens with one attached hydrogen (secondary N) is 1. The van der Waals surface area contributed by atoms with Gasteiger partial charge < -0.3 is 10.1 Å². The predicted molar refractivity (Wildman–Crippen MR) is 89.8 cm³/mol. The van der Waals surface area contributed by atoms with E-state index in [2.05, 4.69) is 5.32 Å². The third-order valence-electron chi connectivity index (χ3n) is 5.04. The third-order valence-corrected chi connectivity index (χ3v) is 6.87. The zero-order chi connectivity index (χ0) is 17.6. The molecule has 1 aromatic carbocycles. The maximum Gasteiger partial charge on any atom is 0.281 e. The summed E-state index contributed by atoms with van der Waals surface area (Å²) < 4.78 is 32.8. The van der Waals surface area contributed by atoms with Gasteiger partial charge in [0.05, 0.1) is 11.1 Å². The SMILES string of the molecule is COC1(C2(NC(=O)c3ccccc3)CN(S(=O)(=O)N(C)C)C2)CC1. The van der Waals surface area contributed by atoms with Crippen molar-refractivity contribution in [3.05, 3.63) is 35.9 Å². The molecule has 7 nitrogen and oxygen atoms in total. The van der Waals surface area contributed by atoms with E-state index in [1.54, 1.807) is 31.4 Å². The molecule has 0 bridgehead atoms. The van der Waals surface area contributed by atoms with Crippen molar-refractivity contribution in [1.29, 1.82) is 0 Å². The van der Waals surface area contributed by atoms with E-state index >= 15 is 0 Å². The van der Waals surface area contributed by atoms with E-state index in [-0.39, 0.29) is 19.0 Å². The highest BCUT2D eigenvalue weighted by Gasteiger charge is 2.67. The molecule has 0 radical (unpaired) electrons. The van der Waals surface area contributed by atoms with Crippen LogP contribution in [-0.4, -0.2) is 68.4 Å². The summed E-state index contributed by atoms with van der Waals surface area (Å²) >= 11 is 0. The highest BCUT2D eigenvalue weighted by molar-refractivity contribution is 7.86. The number of carbonyl (C=O) groups is 1. The van der Waals surface area contributed by atoms with Gasteiger partial charge in [0, 0.05) is 39.9 Å². The molecule has 2 fully saturated rings. The van der Waals surface area contributed by atoms with Crippen molar-refractivity contribution < 1.29 is 17.9 Å². The molecule has 1 saturated carbocycles. The Bertz CT molecular complexity index is 723. The first-order valence-electron chi connectivity index (χ1n) is 7.87. The summed E-state index contributed by atoms with van der Waals surface area (Å²) in [4.78, 5) is 12.6. The Balaban J connectivity index is 1.82. The summed E-state index contributed by atoms with van der Waals surface area (Å²) in [5, 5.41) is 3.05. The Morgan fingerprint density at radius 3 is 2.25 bits per heavy atom. The van der Waals surface area contributed by atoms with Gasteiger partial charge >= 0.3 is 0 Å². The molecular weight excluding hydrogens is 330 g/mol. The van der Waals surface area contributed by atoms with E-state index in [1.807, 2.05) is 6.07 Å². The fraction of sp³-hybridized carbons (Fsp3) is 0.562. The molecule has 1 N–H and O–H groups in total. The monoisotopic (exact) mass is 353 g/mol. The standard InChI is InChI=1S/C16H23N3O4S/c1-18(2)24(21,22)19-11-15(12-19,16(23-3)9-10-16)17-14(20)13-7-5-4-6-8-13/h4-8H,9-12H2,1-3H3,(H,17,20). The van der Waals surface area contributed by atoms with Crippen molar-refractivity contribution in [2.45, 2.75) is 24.0 Å². The van der Waals surface area contributed by atoms with Crippen LogP contribution in [0.4, 0.5) is 0 Å². The fourth-order valence-corrected chi connectivity index (χ4v) is 4.53. The van der Waals surface area contributed by atoms with E-state index in [0.29, 0.717) is 5.56 Å². The van der Waals surface area contributed by atoms with Gasteiger partial charge in [0.2, 0.25) is 0 Å². The average Bonchev–Trinajstić information content (AvgIpc) is 3.32. The minimum atomic E-state index is -3.49. The highest BCUT2D eigenvalue weighted by Crippen LogP contribution is 2.52. The smallest absolute Gasteiger partial charge is 0.281 e. The minimum absolute atomic E-state index is 0.208. The summed E-state index contributed by atoms with van der Waals surface area (Å²) in [6.45, 7) is 0.444. The number of benzene rings is 1. The van der Waals surface area contributed by atoms with Gasteiger partial charge in [-0.15, -0.1) is 0 Å². The molecule has 0 spiro atoms. The van der Waals surface area contributed by atoms with Gasteiger partial charge in [0.1, 0.15) is 0 Å². The van der Waals surface area contributed by atoms with Gasteiger partial charge in [0.15, 0.2) is 0 Å². The summed E-state index contributed by atoms with van der Waals surface area (Å²) in [5.74, 6) is -0.208. The first-order valence-corrected chi connectivity index (χ1v) is 9.26. The second kappa shape index (κ2) is 5.80. The maximum absolute atomic E-state index is 12.6. The topological polar surface area (TPSA) is 79.0 Å². The number of nitrogens with zero attached hydrogens (tertiary/aromatic N) is 2. The van der Waals surface area contributed by atoms with Crippen LogP contribution in [0, 0.1) is 0 Å². The van der Waals surface area contributed by atoms with Crippen LogP contribution in [0.5, 0.6) is 0 Å². The molecule has 132 valence electrons. The van der Waals surface area contributed by atoms with Crippen molar-refractivity contribution >= 4 is 16.1 Å². The lowest BCUT2D eigenvalue weighted by Crippen LogP contribution is -2.78. The Morgan fingerprint density at radius 2 is 1.79 bits per heavy atom. The molecular formula is C16H23N3O4S. The molecule has 1 aliphatic heterocycles. The first kappa shape index (κ1) is 17.3. The lowest BCUT2D eigenvalue weighted by molar-refractivity contribution is -0.0572. The van der Waals surface area contributed by atoms with Crippen LogP contribution < -0.4 is 5.32 Å². The van der Waals surface area contributed by atoms with E-state index < -0.39 is 21.3 Å². The molecule has 0 atom stereocenters. The zero-order valence-corrected chi connectivity index (χ0v) is 15.0. The van der Waals surface area contributed by atoms with Crippen molar-refractivity contribution in [1.82, 2.24) is 13.9 Å². The second-order valence-corrected chi connectivity index (χ2v) is 8.80. The van der Waals surface area contributed by atoms with E-state index in [0.717, 1.165) is 12.8 Å². The largest absolute Gasteiger partial charge is 0.376 e. The van der Waals surface area contributed by atoms with Gasteiger partial charge in [0.25, 0.3) is 16.1 Å². The number of hydrogen-bond acceptors (Lipinski definition) is 4. The Kier molecular flexibility index (Phi) is 4.19. The van der Waals surface area contributed by atoms with Gasteiger partial charge in [-0.1, -0.05) is 18.2 Å².